The van der Waals surface area contributed by atoms with Crippen molar-refractivity contribution in [1.29, 1.82) is 0 Å². The highest BCUT2D eigenvalue weighted by molar-refractivity contribution is 9.10. The minimum absolute atomic E-state index is 0.0763. The number of nitrogens with one attached hydrogen (secondary N) is 1. The molecule has 5 rings (SSSR count). The normalized spacial score (nSPS) is 17.3. The zero-order valence-electron chi connectivity index (χ0n) is 18.1. The first kappa shape index (κ1) is 23.0. The summed E-state index contributed by atoms with van der Waals surface area (Å²) in [5.74, 6) is 1.24. The standard InChI is InChI=1S/C22H23BrN6O4S/c23-15-6-9-17-18(11-15)26-22(25-17)34(30,31)29-10-2-1-3-19(29)21-27-20(33-28-21)13-32-16-7-4-14(12-24)5-8-16/h4-9,11,19H,1-3,10,12-13,24H2,(H,25,26)/t19-/m0/s1. The number of nitrogens with two attached hydrogens (primary N) is 1. The number of aromatic amines is 1. The van der Waals surface area contributed by atoms with Crippen molar-refractivity contribution in [2.24, 2.45) is 5.73 Å². The number of fused-ring (bicyclic) bond motifs is 1. The minimum atomic E-state index is -3.90. The van der Waals surface area contributed by atoms with E-state index in [9.17, 15) is 8.42 Å². The van der Waals surface area contributed by atoms with Crippen LogP contribution in [0.4, 0.5) is 0 Å². The van der Waals surface area contributed by atoms with E-state index >= 15 is 0 Å². The van der Waals surface area contributed by atoms with E-state index < -0.39 is 16.1 Å². The van der Waals surface area contributed by atoms with Gasteiger partial charge in [0.25, 0.3) is 15.9 Å². The van der Waals surface area contributed by atoms with Crippen LogP contribution in [0, 0.1) is 0 Å². The Balaban J connectivity index is 1.35. The Morgan fingerprint density at radius 1 is 1.18 bits per heavy atom. The lowest BCUT2D eigenvalue weighted by Crippen LogP contribution is -2.39. The Labute approximate surface area is 204 Å². The van der Waals surface area contributed by atoms with Gasteiger partial charge in [-0.05, 0) is 48.7 Å². The maximum absolute atomic E-state index is 13.5. The number of rotatable bonds is 7. The number of sulfonamides is 1. The third-order valence-electron chi connectivity index (χ3n) is 5.73. The molecule has 34 heavy (non-hydrogen) atoms. The van der Waals surface area contributed by atoms with Crippen molar-refractivity contribution in [1.82, 2.24) is 24.4 Å². The summed E-state index contributed by atoms with van der Waals surface area (Å²) in [5, 5.41) is 3.97. The van der Waals surface area contributed by atoms with Crippen molar-refractivity contribution in [2.75, 3.05) is 6.54 Å². The maximum atomic E-state index is 13.5. The molecule has 0 spiro atoms. The summed E-state index contributed by atoms with van der Waals surface area (Å²) in [6.07, 6.45) is 2.19. The Bertz CT molecular complexity index is 1400. The van der Waals surface area contributed by atoms with Crippen LogP contribution in [-0.2, 0) is 23.2 Å². The smallest absolute Gasteiger partial charge is 0.277 e. The molecule has 3 N–H and O–H groups in total. The van der Waals surface area contributed by atoms with Gasteiger partial charge < -0.3 is 20.0 Å². The first-order valence-corrected chi connectivity index (χ1v) is 13.1. The summed E-state index contributed by atoms with van der Waals surface area (Å²) >= 11 is 3.39. The van der Waals surface area contributed by atoms with Crippen LogP contribution in [0.5, 0.6) is 5.75 Å². The molecule has 2 aromatic carbocycles. The molecule has 0 aliphatic carbocycles. The Morgan fingerprint density at radius 3 is 2.79 bits per heavy atom. The lowest BCUT2D eigenvalue weighted by atomic mass is 10.0. The fraction of sp³-hybridized carbons (Fsp3) is 0.318. The van der Waals surface area contributed by atoms with Crippen molar-refractivity contribution in [2.45, 2.75) is 43.6 Å². The van der Waals surface area contributed by atoms with E-state index in [0.717, 1.165) is 22.9 Å². The molecule has 4 aromatic rings. The first-order chi connectivity index (χ1) is 16.4. The third kappa shape index (κ3) is 4.58. The summed E-state index contributed by atoms with van der Waals surface area (Å²) < 4.78 is 40.3. The summed E-state index contributed by atoms with van der Waals surface area (Å²) in [6, 6.07) is 12.3. The second-order valence-electron chi connectivity index (χ2n) is 8.01. The topological polar surface area (TPSA) is 140 Å². The Kier molecular flexibility index (Phi) is 6.38. The zero-order valence-corrected chi connectivity index (χ0v) is 20.5. The Morgan fingerprint density at radius 2 is 2.00 bits per heavy atom. The van der Waals surface area contributed by atoms with Gasteiger partial charge in [-0.1, -0.05) is 39.6 Å². The van der Waals surface area contributed by atoms with E-state index in [1.165, 1.54) is 4.31 Å². The van der Waals surface area contributed by atoms with Crippen molar-refractivity contribution in [3.05, 3.63) is 64.2 Å². The fourth-order valence-electron chi connectivity index (χ4n) is 3.97. The molecule has 0 radical (unpaired) electrons. The van der Waals surface area contributed by atoms with Gasteiger partial charge >= 0.3 is 0 Å². The van der Waals surface area contributed by atoms with Crippen LogP contribution >= 0.6 is 15.9 Å². The lowest BCUT2D eigenvalue weighted by molar-refractivity contribution is 0.231. The lowest BCUT2D eigenvalue weighted by Gasteiger charge is -2.31. The highest BCUT2D eigenvalue weighted by Gasteiger charge is 2.38. The van der Waals surface area contributed by atoms with Gasteiger partial charge in [0, 0.05) is 17.6 Å². The number of ether oxygens (including phenoxy) is 1. The van der Waals surface area contributed by atoms with Gasteiger partial charge in [0.15, 0.2) is 12.4 Å². The molecular formula is C22H23BrN6O4S. The monoisotopic (exact) mass is 546 g/mol. The number of hydrogen-bond donors (Lipinski definition) is 2. The quantitative estimate of drug-likeness (QED) is 0.357. The van der Waals surface area contributed by atoms with E-state index in [1.54, 1.807) is 12.1 Å². The highest BCUT2D eigenvalue weighted by Crippen LogP contribution is 2.34. The molecule has 10 nitrogen and oxygen atoms in total. The summed E-state index contributed by atoms with van der Waals surface area (Å²) in [6.45, 7) is 0.883. The number of benzene rings is 2. The van der Waals surface area contributed by atoms with Crippen molar-refractivity contribution >= 4 is 37.0 Å². The van der Waals surface area contributed by atoms with Gasteiger partial charge in [0.1, 0.15) is 5.75 Å². The molecule has 0 saturated carbocycles. The van der Waals surface area contributed by atoms with Crippen molar-refractivity contribution in [3.63, 3.8) is 0 Å². The van der Waals surface area contributed by atoms with E-state index in [2.05, 4.69) is 36.0 Å². The summed E-state index contributed by atoms with van der Waals surface area (Å²) in [5.41, 5.74) is 7.83. The summed E-state index contributed by atoms with van der Waals surface area (Å²) in [7, 11) is -3.90. The number of halogens is 1. The number of hydrogen-bond acceptors (Lipinski definition) is 8. The van der Waals surface area contributed by atoms with Gasteiger partial charge in [-0.25, -0.2) is 13.4 Å². The number of H-pyrrole nitrogens is 1. The molecule has 0 amide bonds. The average Bonchev–Trinajstić information content (AvgIpc) is 3.50. The van der Waals surface area contributed by atoms with Gasteiger partial charge in [-0.2, -0.15) is 9.29 Å². The van der Waals surface area contributed by atoms with Crippen LogP contribution in [0.15, 0.2) is 56.6 Å². The van der Waals surface area contributed by atoms with Gasteiger partial charge in [-0.15, -0.1) is 0 Å². The first-order valence-electron chi connectivity index (χ1n) is 10.9. The predicted molar refractivity (Wildman–Crippen MR) is 127 cm³/mol. The zero-order chi connectivity index (χ0) is 23.7. The predicted octanol–water partition coefficient (Wildman–Crippen LogP) is 3.66. The average molecular weight is 547 g/mol. The molecule has 178 valence electrons. The van der Waals surface area contributed by atoms with E-state index in [4.69, 9.17) is 15.0 Å². The van der Waals surface area contributed by atoms with Crippen LogP contribution in [0.3, 0.4) is 0 Å². The number of aromatic nitrogens is 4. The molecule has 0 unspecified atom stereocenters. The molecule has 1 atom stereocenters. The van der Waals surface area contributed by atoms with Gasteiger partial charge in [0.2, 0.25) is 5.16 Å². The van der Waals surface area contributed by atoms with Gasteiger partial charge in [0.05, 0.1) is 17.1 Å². The minimum Gasteiger partial charge on any atom is -0.484 e. The van der Waals surface area contributed by atoms with E-state index in [1.807, 2.05) is 30.3 Å². The van der Waals surface area contributed by atoms with Crippen LogP contribution < -0.4 is 10.5 Å². The molecular weight excluding hydrogens is 524 g/mol. The second kappa shape index (κ2) is 9.45. The fourth-order valence-corrected chi connectivity index (χ4v) is 5.90. The van der Waals surface area contributed by atoms with E-state index in [-0.39, 0.29) is 17.7 Å². The molecule has 3 heterocycles. The largest absolute Gasteiger partial charge is 0.484 e. The third-order valence-corrected chi connectivity index (χ3v) is 7.96. The molecule has 1 aliphatic heterocycles. The van der Waals surface area contributed by atoms with Crippen molar-refractivity contribution < 1.29 is 17.7 Å². The van der Waals surface area contributed by atoms with Crippen LogP contribution in [0.25, 0.3) is 11.0 Å². The van der Waals surface area contributed by atoms with Crippen molar-refractivity contribution in [3.8, 4) is 5.75 Å². The molecule has 2 aromatic heterocycles. The second-order valence-corrected chi connectivity index (χ2v) is 10.7. The van der Waals surface area contributed by atoms with Crippen LogP contribution in [-0.4, -0.2) is 39.4 Å². The maximum Gasteiger partial charge on any atom is 0.277 e. The SMILES string of the molecule is NCc1ccc(OCc2nc([C@@H]3CCCCN3S(=O)(=O)c3nc4cc(Br)ccc4[nH]3)no2)cc1. The molecule has 1 fully saturated rings. The van der Waals surface area contributed by atoms with Gasteiger partial charge in [-0.3, -0.25) is 0 Å². The number of nitrogens with zero attached hydrogens (tertiary/aromatic N) is 4. The number of imidazole rings is 1. The molecule has 0 bridgehead atoms. The van der Waals surface area contributed by atoms with Crippen LogP contribution in [0.1, 0.15) is 42.6 Å². The summed E-state index contributed by atoms with van der Waals surface area (Å²) in [4.78, 5) is 11.7. The number of piperidine rings is 1. The highest BCUT2D eigenvalue weighted by atomic mass is 79.9. The molecule has 1 aliphatic rings. The molecule has 1 saturated heterocycles. The van der Waals surface area contributed by atoms with Crippen LogP contribution in [0.2, 0.25) is 0 Å². The Hall–Kier alpha value is -2.80. The molecule has 12 heteroatoms. The van der Waals surface area contributed by atoms with E-state index in [0.29, 0.717) is 42.1 Å².